The Bertz CT molecular complexity index is 566. The number of rotatable bonds is 5. The summed E-state index contributed by atoms with van der Waals surface area (Å²) in [6.07, 6.45) is 10.6. The highest BCUT2D eigenvalue weighted by Crippen LogP contribution is 2.41. The van der Waals surface area contributed by atoms with Crippen LogP contribution in [0.15, 0.2) is 42.0 Å². The molecule has 0 saturated carbocycles. The van der Waals surface area contributed by atoms with Crippen LogP contribution in [0.3, 0.4) is 0 Å². The van der Waals surface area contributed by atoms with Crippen molar-refractivity contribution >= 4 is 13.3 Å². The summed E-state index contributed by atoms with van der Waals surface area (Å²) in [6, 6.07) is 7.18. The fraction of sp³-hybridized carbons (Fsp3) is 0.500. The van der Waals surface area contributed by atoms with Crippen LogP contribution in [0.1, 0.15) is 44.2 Å². The van der Waals surface area contributed by atoms with E-state index in [1.165, 1.54) is 24.0 Å². The van der Waals surface area contributed by atoms with Gasteiger partial charge in [-0.2, -0.15) is 0 Å². The molecule has 1 aromatic rings. The molecule has 0 unspecified atom stereocenters. The van der Waals surface area contributed by atoms with E-state index in [9.17, 15) is 0 Å². The Morgan fingerprint density at radius 2 is 1.76 bits per heavy atom. The topological polar surface area (TPSA) is 0 Å². The molecular weight excluding hydrogens is 268 g/mol. The van der Waals surface area contributed by atoms with Gasteiger partial charge in [0.05, 0.1) is 8.07 Å². The van der Waals surface area contributed by atoms with E-state index < -0.39 is 8.07 Å². The second-order valence-corrected chi connectivity index (χ2v) is 12.4. The molecule has 1 aromatic carbocycles. The molecule has 0 aromatic heterocycles. The summed E-state index contributed by atoms with van der Waals surface area (Å²) in [4.78, 5) is 0. The van der Waals surface area contributed by atoms with E-state index in [0.717, 1.165) is 6.42 Å². The van der Waals surface area contributed by atoms with Gasteiger partial charge >= 0.3 is 0 Å². The summed E-state index contributed by atoms with van der Waals surface area (Å²) in [5, 5.41) is 1.65. The smallest absolute Gasteiger partial charge is 0.0780 e. The maximum Gasteiger partial charge on any atom is 0.0780 e. The van der Waals surface area contributed by atoms with Crippen LogP contribution in [-0.2, 0) is 5.41 Å². The molecule has 0 bridgehead atoms. The van der Waals surface area contributed by atoms with Crippen molar-refractivity contribution in [3.8, 4) is 0 Å². The molecule has 114 valence electrons. The minimum absolute atomic E-state index is 0.205. The van der Waals surface area contributed by atoms with Crippen LogP contribution in [-0.4, -0.2) is 8.07 Å². The molecule has 1 aliphatic rings. The van der Waals surface area contributed by atoms with Crippen molar-refractivity contribution in [2.24, 2.45) is 0 Å². The first-order valence-corrected chi connectivity index (χ1v) is 11.8. The Labute approximate surface area is 132 Å². The second-order valence-electron chi connectivity index (χ2n) is 7.39. The maximum atomic E-state index is 2.47. The Hall–Kier alpha value is -1.08. The highest BCUT2D eigenvalue weighted by atomic mass is 28.3. The normalized spacial score (nSPS) is 15.4. The van der Waals surface area contributed by atoms with Crippen LogP contribution >= 0.6 is 0 Å². The molecule has 2 rings (SSSR count). The van der Waals surface area contributed by atoms with E-state index in [-0.39, 0.29) is 5.41 Å². The molecule has 0 saturated heterocycles. The van der Waals surface area contributed by atoms with Gasteiger partial charge in [0.1, 0.15) is 0 Å². The zero-order chi connectivity index (χ0) is 15.7. The van der Waals surface area contributed by atoms with Crippen LogP contribution in [0.25, 0.3) is 0 Å². The molecule has 1 aliphatic carbocycles. The second kappa shape index (κ2) is 5.96. The van der Waals surface area contributed by atoms with Crippen molar-refractivity contribution in [1.82, 2.24) is 0 Å². The zero-order valence-electron chi connectivity index (χ0n) is 14.6. The van der Waals surface area contributed by atoms with Crippen molar-refractivity contribution in [2.45, 2.75) is 65.1 Å². The fourth-order valence-electron chi connectivity index (χ4n) is 3.70. The molecule has 0 N–H and O–H groups in total. The summed E-state index contributed by atoms with van der Waals surface area (Å²) < 4.78 is 0. The minimum atomic E-state index is -1.35. The highest BCUT2D eigenvalue weighted by molar-refractivity contribution is 6.89. The van der Waals surface area contributed by atoms with E-state index in [1.54, 1.807) is 10.8 Å². The van der Waals surface area contributed by atoms with Crippen LogP contribution in [0.5, 0.6) is 0 Å². The van der Waals surface area contributed by atoms with Gasteiger partial charge in [0.25, 0.3) is 0 Å². The van der Waals surface area contributed by atoms with E-state index in [1.807, 2.05) is 0 Å². The first-order valence-electron chi connectivity index (χ1n) is 8.34. The Balaban J connectivity index is 2.69. The molecule has 1 heteroatoms. The highest BCUT2D eigenvalue weighted by Gasteiger charge is 2.36. The van der Waals surface area contributed by atoms with Gasteiger partial charge in [0.2, 0.25) is 0 Å². The van der Waals surface area contributed by atoms with Crippen LogP contribution in [0, 0.1) is 6.92 Å². The first kappa shape index (κ1) is 16.3. The molecule has 0 radical (unpaired) electrons. The summed E-state index contributed by atoms with van der Waals surface area (Å²) in [7, 11) is -1.35. The number of allylic oxidation sites excluding steroid dienone is 4. The van der Waals surface area contributed by atoms with Crippen molar-refractivity contribution < 1.29 is 0 Å². The van der Waals surface area contributed by atoms with Gasteiger partial charge in [0, 0.05) is 5.41 Å². The van der Waals surface area contributed by atoms with Gasteiger partial charge < -0.3 is 0 Å². The van der Waals surface area contributed by atoms with Gasteiger partial charge in [-0.05, 0) is 37.3 Å². The van der Waals surface area contributed by atoms with E-state index >= 15 is 0 Å². The van der Waals surface area contributed by atoms with E-state index in [2.05, 4.69) is 76.8 Å². The molecular formula is C20H30Si. The average Bonchev–Trinajstić information content (AvgIpc) is 2.95. The van der Waals surface area contributed by atoms with Gasteiger partial charge in [-0.15, -0.1) is 0 Å². The predicted molar refractivity (Wildman–Crippen MR) is 98.3 cm³/mol. The quantitative estimate of drug-likeness (QED) is 0.631. The summed E-state index contributed by atoms with van der Waals surface area (Å²) in [5.41, 5.74) is 4.73. The molecule has 0 nitrogen and oxygen atoms in total. The maximum absolute atomic E-state index is 2.47. The third kappa shape index (κ3) is 2.94. The summed E-state index contributed by atoms with van der Waals surface area (Å²) >= 11 is 0. The Morgan fingerprint density at radius 3 is 2.24 bits per heavy atom. The number of aryl methyl sites for hydroxylation is 1. The third-order valence-corrected chi connectivity index (χ3v) is 7.06. The van der Waals surface area contributed by atoms with Crippen molar-refractivity contribution in [3.05, 3.63) is 53.1 Å². The third-order valence-electron chi connectivity index (χ3n) is 5.03. The van der Waals surface area contributed by atoms with Crippen LogP contribution in [0.4, 0.5) is 0 Å². The molecule has 21 heavy (non-hydrogen) atoms. The lowest BCUT2D eigenvalue weighted by Gasteiger charge is -2.38. The van der Waals surface area contributed by atoms with Crippen LogP contribution < -0.4 is 5.19 Å². The first-order chi connectivity index (χ1) is 9.85. The molecule has 0 fully saturated rings. The summed E-state index contributed by atoms with van der Waals surface area (Å²) in [5.74, 6) is 0. The predicted octanol–water partition coefficient (Wildman–Crippen LogP) is 5.48. The molecule has 0 heterocycles. The lowest BCUT2D eigenvalue weighted by Crippen LogP contribution is -2.45. The van der Waals surface area contributed by atoms with Gasteiger partial charge in [-0.25, -0.2) is 0 Å². The lowest BCUT2D eigenvalue weighted by atomic mass is 9.70. The lowest BCUT2D eigenvalue weighted by molar-refractivity contribution is 0.480. The van der Waals surface area contributed by atoms with Crippen molar-refractivity contribution in [3.63, 3.8) is 0 Å². The van der Waals surface area contributed by atoms with Gasteiger partial charge in [-0.3, -0.25) is 0 Å². The largest absolute Gasteiger partial charge is 0.0804 e. The van der Waals surface area contributed by atoms with Crippen LogP contribution in [0.2, 0.25) is 19.6 Å². The van der Waals surface area contributed by atoms with Crippen molar-refractivity contribution in [1.29, 1.82) is 0 Å². The zero-order valence-corrected chi connectivity index (χ0v) is 15.6. The van der Waals surface area contributed by atoms with E-state index in [0.29, 0.717) is 0 Å². The number of hydrogen-bond donors (Lipinski definition) is 0. The molecule has 0 amide bonds. The molecule has 0 aliphatic heterocycles. The fourth-order valence-corrected chi connectivity index (χ4v) is 5.49. The van der Waals surface area contributed by atoms with Gasteiger partial charge in [-0.1, -0.05) is 80.7 Å². The Morgan fingerprint density at radius 1 is 1.10 bits per heavy atom. The number of benzene rings is 1. The minimum Gasteiger partial charge on any atom is -0.0804 e. The van der Waals surface area contributed by atoms with Gasteiger partial charge in [0.15, 0.2) is 0 Å². The molecule has 0 atom stereocenters. The average molecular weight is 299 g/mol. The molecule has 0 spiro atoms. The van der Waals surface area contributed by atoms with E-state index in [4.69, 9.17) is 0 Å². The monoisotopic (exact) mass is 298 g/mol. The Kier molecular flexibility index (Phi) is 4.62. The summed E-state index contributed by atoms with van der Waals surface area (Å²) in [6.45, 7) is 14.3. The number of hydrogen-bond acceptors (Lipinski definition) is 0. The van der Waals surface area contributed by atoms with Crippen molar-refractivity contribution in [2.75, 3.05) is 0 Å². The standard InChI is InChI=1S/C20H30Si/c1-7-20(8-2,17-11-9-10-12-17)18-14-13-16(3)15-19(18)21(4,5)6/h9,11-15H,7-8,10H2,1-6H3. The SMILES string of the molecule is CCC(CC)(C1=CCC=C1)c1ccc(C)cc1[Si](C)(C)C.